The van der Waals surface area contributed by atoms with Crippen molar-refractivity contribution in [1.29, 1.82) is 0 Å². The van der Waals surface area contributed by atoms with E-state index >= 15 is 0 Å². The number of hydrogen-bond acceptors (Lipinski definition) is 6. The summed E-state index contributed by atoms with van der Waals surface area (Å²) in [6.45, 7) is 8.63. The summed E-state index contributed by atoms with van der Waals surface area (Å²) in [5.74, 6) is 1.02. The van der Waals surface area contributed by atoms with Crippen molar-refractivity contribution in [3.8, 4) is 0 Å². The number of benzene rings is 1. The highest BCUT2D eigenvalue weighted by molar-refractivity contribution is 5.92. The Kier molecular flexibility index (Phi) is 6.15. The zero-order valence-corrected chi connectivity index (χ0v) is 20.1. The SMILES string of the molecule is Cc1nc2c3ccccc3nn2c(C)c1CCC(=O)NCc1ccc(N2CCN(C)CC2)nc1. The first kappa shape index (κ1) is 22.3. The minimum atomic E-state index is 0.0210. The van der Waals surface area contributed by atoms with Crippen molar-refractivity contribution in [2.45, 2.75) is 33.2 Å². The molecule has 0 bridgehead atoms. The number of carbonyl (C=O) groups excluding carboxylic acids is 1. The van der Waals surface area contributed by atoms with E-state index in [2.05, 4.69) is 39.3 Å². The summed E-state index contributed by atoms with van der Waals surface area (Å²) < 4.78 is 1.90. The molecule has 4 heterocycles. The van der Waals surface area contributed by atoms with Crippen LogP contribution in [-0.2, 0) is 17.8 Å². The number of likely N-dealkylation sites (N-methyl/N-ethyl adjacent to an activating group) is 1. The number of rotatable bonds is 6. The molecule has 5 rings (SSSR count). The predicted molar refractivity (Wildman–Crippen MR) is 134 cm³/mol. The van der Waals surface area contributed by atoms with Crippen LogP contribution in [0.2, 0.25) is 0 Å². The molecule has 1 fully saturated rings. The lowest BCUT2D eigenvalue weighted by molar-refractivity contribution is -0.121. The second-order valence-corrected chi connectivity index (χ2v) is 9.11. The summed E-state index contributed by atoms with van der Waals surface area (Å²) in [6.07, 6.45) is 2.90. The van der Waals surface area contributed by atoms with Gasteiger partial charge < -0.3 is 15.1 Å². The smallest absolute Gasteiger partial charge is 0.220 e. The summed E-state index contributed by atoms with van der Waals surface area (Å²) in [4.78, 5) is 26.6. The van der Waals surface area contributed by atoms with E-state index in [1.807, 2.05) is 48.8 Å². The van der Waals surface area contributed by atoms with Gasteiger partial charge in [0.25, 0.3) is 0 Å². The molecule has 0 atom stereocenters. The van der Waals surface area contributed by atoms with Crippen LogP contribution in [0.4, 0.5) is 5.82 Å². The summed E-state index contributed by atoms with van der Waals surface area (Å²) in [5, 5.41) is 8.78. The molecule has 1 aliphatic heterocycles. The number of aromatic nitrogens is 4. The molecule has 0 spiro atoms. The quantitative estimate of drug-likeness (QED) is 0.480. The Labute approximate surface area is 199 Å². The largest absolute Gasteiger partial charge is 0.354 e. The van der Waals surface area contributed by atoms with Crippen molar-refractivity contribution in [3.63, 3.8) is 0 Å². The molecular weight excluding hydrogens is 426 g/mol. The number of nitrogens with one attached hydrogen (secondary N) is 1. The third-order valence-electron chi connectivity index (χ3n) is 6.75. The molecule has 3 aromatic heterocycles. The average Bonchev–Trinajstić information content (AvgIpc) is 3.22. The van der Waals surface area contributed by atoms with E-state index in [1.165, 1.54) is 0 Å². The highest BCUT2D eigenvalue weighted by Gasteiger charge is 2.16. The molecule has 4 aromatic rings. The lowest BCUT2D eigenvalue weighted by Gasteiger charge is -2.33. The zero-order valence-electron chi connectivity index (χ0n) is 20.1. The number of amides is 1. The van der Waals surface area contributed by atoms with Crippen LogP contribution in [0.25, 0.3) is 16.6 Å². The van der Waals surface area contributed by atoms with Gasteiger partial charge >= 0.3 is 0 Å². The molecular formula is C26H31N7O. The minimum Gasteiger partial charge on any atom is -0.354 e. The van der Waals surface area contributed by atoms with Crippen molar-refractivity contribution in [3.05, 3.63) is 65.1 Å². The maximum atomic E-state index is 12.6. The van der Waals surface area contributed by atoms with Gasteiger partial charge in [-0.1, -0.05) is 18.2 Å². The van der Waals surface area contributed by atoms with Crippen molar-refractivity contribution < 1.29 is 4.79 Å². The van der Waals surface area contributed by atoms with Gasteiger partial charge in [-0.15, -0.1) is 0 Å². The van der Waals surface area contributed by atoms with E-state index in [9.17, 15) is 4.79 Å². The highest BCUT2D eigenvalue weighted by Crippen LogP contribution is 2.23. The van der Waals surface area contributed by atoms with Crippen molar-refractivity contribution in [2.75, 3.05) is 38.1 Å². The number of nitrogens with zero attached hydrogens (tertiary/aromatic N) is 6. The second kappa shape index (κ2) is 9.38. The van der Waals surface area contributed by atoms with Crippen LogP contribution in [0.15, 0.2) is 42.6 Å². The first-order valence-electron chi connectivity index (χ1n) is 11.9. The van der Waals surface area contributed by atoms with Crippen molar-refractivity contribution in [2.24, 2.45) is 0 Å². The van der Waals surface area contributed by atoms with E-state index in [-0.39, 0.29) is 5.91 Å². The minimum absolute atomic E-state index is 0.0210. The van der Waals surface area contributed by atoms with Gasteiger partial charge in [-0.3, -0.25) is 4.79 Å². The van der Waals surface area contributed by atoms with Crippen molar-refractivity contribution in [1.82, 2.24) is 29.8 Å². The van der Waals surface area contributed by atoms with Crippen LogP contribution in [0.1, 0.15) is 28.9 Å². The molecule has 1 saturated heterocycles. The number of aryl methyl sites for hydroxylation is 2. The summed E-state index contributed by atoms with van der Waals surface area (Å²) in [5.41, 5.74) is 5.87. The number of anilines is 1. The fourth-order valence-corrected chi connectivity index (χ4v) is 4.61. The topological polar surface area (TPSA) is 78.7 Å². The van der Waals surface area contributed by atoms with Crippen molar-refractivity contribution >= 4 is 28.3 Å². The number of hydrogen-bond donors (Lipinski definition) is 1. The highest BCUT2D eigenvalue weighted by atomic mass is 16.1. The molecule has 34 heavy (non-hydrogen) atoms. The molecule has 1 N–H and O–H groups in total. The number of carbonyl (C=O) groups is 1. The third-order valence-corrected chi connectivity index (χ3v) is 6.75. The fourth-order valence-electron chi connectivity index (χ4n) is 4.61. The van der Waals surface area contributed by atoms with Gasteiger partial charge in [0.2, 0.25) is 5.91 Å². The Bertz CT molecular complexity index is 1320. The van der Waals surface area contributed by atoms with Crippen LogP contribution in [0, 0.1) is 13.8 Å². The van der Waals surface area contributed by atoms with Crippen LogP contribution in [-0.4, -0.2) is 63.6 Å². The summed E-state index contributed by atoms with van der Waals surface area (Å²) >= 11 is 0. The maximum Gasteiger partial charge on any atom is 0.220 e. The maximum absolute atomic E-state index is 12.6. The van der Waals surface area contributed by atoms with Crippen LogP contribution in [0.5, 0.6) is 0 Å². The van der Waals surface area contributed by atoms with Gasteiger partial charge in [0.05, 0.1) is 5.52 Å². The van der Waals surface area contributed by atoms with Gasteiger partial charge in [-0.25, -0.2) is 14.5 Å². The fraction of sp³-hybridized carbons (Fsp3) is 0.385. The van der Waals surface area contributed by atoms with Crippen LogP contribution >= 0.6 is 0 Å². The number of fused-ring (bicyclic) bond motifs is 3. The Balaban J connectivity index is 1.19. The zero-order chi connectivity index (χ0) is 23.7. The standard InChI is InChI=1S/C26H31N7O/c1-18-21(19(2)33-26(29-18)22-6-4-5-7-23(22)30-33)9-11-25(34)28-17-20-8-10-24(27-16-20)32-14-12-31(3)13-15-32/h4-8,10,16H,9,11-15,17H2,1-3H3,(H,28,34). The molecule has 8 nitrogen and oxygen atoms in total. The third kappa shape index (κ3) is 4.46. The molecule has 1 amide bonds. The predicted octanol–water partition coefficient (Wildman–Crippen LogP) is 2.90. The molecule has 1 aliphatic rings. The average molecular weight is 458 g/mol. The summed E-state index contributed by atoms with van der Waals surface area (Å²) in [7, 11) is 2.15. The van der Waals surface area contributed by atoms with Gasteiger partial charge in [0.15, 0.2) is 5.65 Å². The molecule has 8 heteroatoms. The van der Waals surface area contributed by atoms with E-state index in [1.54, 1.807) is 0 Å². The van der Waals surface area contributed by atoms with E-state index in [4.69, 9.17) is 10.1 Å². The Morgan fingerprint density at radius 2 is 1.85 bits per heavy atom. The molecule has 0 aliphatic carbocycles. The second-order valence-electron chi connectivity index (χ2n) is 9.11. The van der Waals surface area contributed by atoms with Gasteiger partial charge in [-0.05, 0) is 56.6 Å². The van der Waals surface area contributed by atoms with Gasteiger partial charge in [0.1, 0.15) is 5.82 Å². The Morgan fingerprint density at radius 1 is 1.06 bits per heavy atom. The Morgan fingerprint density at radius 3 is 2.62 bits per heavy atom. The van der Waals surface area contributed by atoms with Gasteiger partial charge in [-0.2, -0.15) is 5.10 Å². The Hall–Kier alpha value is -3.52. The van der Waals surface area contributed by atoms with Crippen LogP contribution < -0.4 is 10.2 Å². The molecule has 0 unspecified atom stereocenters. The first-order valence-corrected chi connectivity index (χ1v) is 11.9. The molecule has 0 radical (unpaired) electrons. The number of piperazine rings is 1. The monoisotopic (exact) mass is 457 g/mol. The van der Waals surface area contributed by atoms with Gasteiger partial charge in [0, 0.05) is 62.1 Å². The normalized spacial score (nSPS) is 14.7. The lowest BCUT2D eigenvalue weighted by atomic mass is 10.1. The van der Waals surface area contributed by atoms with Crippen LogP contribution in [0.3, 0.4) is 0 Å². The summed E-state index contributed by atoms with van der Waals surface area (Å²) in [6, 6.07) is 12.1. The van der Waals surface area contributed by atoms with E-state index in [0.717, 1.165) is 71.1 Å². The lowest BCUT2D eigenvalue weighted by Crippen LogP contribution is -2.44. The van der Waals surface area contributed by atoms with E-state index in [0.29, 0.717) is 19.4 Å². The molecule has 176 valence electrons. The first-order chi connectivity index (χ1) is 16.5. The molecule has 1 aromatic carbocycles. The van der Waals surface area contributed by atoms with E-state index < -0.39 is 0 Å². The molecule has 0 saturated carbocycles. The number of pyridine rings is 1.